The molecule has 22 heavy (non-hydrogen) atoms. The fraction of sp³-hybridized carbons (Fsp3) is 0.333. The van der Waals surface area contributed by atoms with Crippen molar-refractivity contribution in [2.75, 3.05) is 0 Å². The van der Waals surface area contributed by atoms with Crippen LogP contribution in [0.3, 0.4) is 0 Å². The lowest BCUT2D eigenvalue weighted by Crippen LogP contribution is -2.49. The second kappa shape index (κ2) is 5.37. The van der Waals surface area contributed by atoms with E-state index in [-0.39, 0.29) is 0 Å². The van der Waals surface area contributed by atoms with Crippen molar-refractivity contribution in [2.45, 2.75) is 38.9 Å². The summed E-state index contributed by atoms with van der Waals surface area (Å²) in [5, 5.41) is 12.7. The summed E-state index contributed by atoms with van der Waals surface area (Å²) in [6.07, 6.45) is 0. The second-order valence-electron chi connectivity index (χ2n) is 6.63. The van der Waals surface area contributed by atoms with Crippen molar-refractivity contribution in [3.63, 3.8) is 0 Å². The summed E-state index contributed by atoms with van der Waals surface area (Å²) in [4.78, 5) is 0. The van der Waals surface area contributed by atoms with Crippen LogP contribution in [-0.4, -0.2) is 23.8 Å². The third kappa shape index (κ3) is 2.67. The highest BCUT2D eigenvalue weighted by molar-refractivity contribution is 7.26. The number of rotatable bonds is 4. The van der Waals surface area contributed by atoms with Crippen LogP contribution in [0.25, 0.3) is 20.2 Å². The zero-order valence-corrected chi connectivity index (χ0v) is 14.2. The third-order valence-corrected chi connectivity index (χ3v) is 5.62. The maximum absolute atomic E-state index is 10.2. The number of aliphatic hydroxyl groups is 1. The van der Waals surface area contributed by atoms with E-state index in [1.54, 1.807) is 32.7 Å². The molecule has 0 aliphatic carbocycles. The van der Waals surface area contributed by atoms with Gasteiger partial charge in [-0.05, 0) is 44.6 Å². The Kier molecular flexibility index (Phi) is 3.80. The SMILES string of the molecule is CC(C)(O)C(C)(C)O[B]c1cccc2c1sc1ccccc12. The first-order valence-corrected chi connectivity index (χ1v) is 8.25. The first-order chi connectivity index (χ1) is 10.3. The molecule has 113 valence electrons. The molecule has 3 aromatic rings. The lowest BCUT2D eigenvalue weighted by atomic mass is 9.82. The van der Waals surface area contributed by atoms with Crippen molar-refractivity contribution < 1.29 is 9.76 Å². The van der Waals surface area contributed by atoms with Crippen LogP contribution in [0.4, 0.5) is 0 Å². The van der Waals surface area contributed by atoms with Crippen LogP contribution >= 0.6 is 11.3 Å². The summed E-state index contributed by atoms with van der Waals surface area (Å²) in [6.45, 7) is 7.32. The molecule has 0 aliphatic heterocycles. The highest BCUT2D eigenvalue weighted by Crippen LogP contribution is 2.32. The van der Waals surface area contributed by atoms with Crippen LogP contribution in [0.15, 0.2) is 42.5 Å². The Morgan fingerprint density at radius 1 is 0.955 bits per heavy atom. The van der Waals surface area contributed by atoms with Gasteiger partial charge in [-0.25, -0.2) is 0 Å². The van der Waals surface area contributed by atoms with Gasteiger partial charge < -0.3 is 9.76 Å². The van der Waals surface area contributed by atoms with Crippen molar-refractivity contribution in [3.8, 4) is 0 Å². The van der Waals surface area contributed by atoms with Gasteiger partial charge in [0.2, 0.25) is 0 Å². The summed E-state index contributed by atoms with van der Waals surface area (Å²) in [7, 11) is 1.77. The smallest absolute Gasteiger partial charge is 0.332 e. The Balaban J connectivity index is 1.98. The predicted octanol–water partition coefficient (Wildman–Crippen LogP) is 3.87. The molecule has 1 N–H and O–H groups in total. The molecule has 0 aliphatic rings. The second-order valence-corrected chi connectivity index (χ2v) is 7.68. The number of hydrogen-bond acceptors (Lipinski definition) is 3. The van der Waals surface area contributed by atoms with Crippen molar-refractivity contribution in [2.24, 2.45) is 0 Å². The Labute approximate surface area is 136 Å². The molecular formula is C18H20BO2S. The molecule has 0 fully saturated rings. The molecule has 0 atom stereocenters. The predicted molar refractivity (Wildman–Crippen MR) is 96.2 cm³/mol. The summed E-state index contributed by atoms with van der Waals surface area (Å²) in [5.41, 5.74) is -0.528. The average molecular weight is 311 g/mol. The summed E-state index contributed by atoms with van der Waals surface area (Å²) >= 11 is 1.77. The van der Waals surface area contributed by atoms with E-state index in [1.165, 1.54) is 20.2 Å². The van der Waals surface area contributed by atoms with Gasteiger partial charge in [-0.15, -0.1) is 11.3 Å². The fourth-order valence-electron chi connectivity index (χ4n) is 2.22. The van der Waals surface area contributed by atoms with Gasteiger partial charge in [-0.2, -0.15) is 0 Å². The summed E-state index contributed by atoms with van der Waals surface area (Å²) in [5.74, 6) is 0. The standard InChI is InChI=1S/C18H20BO2S/c1-17(2,20)18(3,4)21-19-14-10-7-9-13-12-8-5-6-11-15(12)22-16(13)14/h5-11,20H,1-4H3. The molecule has 0 bridgehead atoms. The van der Waals surface area contributed by atoms with Gasteiger partial charge in [0.05, 0.1) is 11.2 Å². The van der Waals surface area contributed by atoms with Gasteiger partial charge in [-0.1, -0.05) is 36.4 Å². The highest BCUT2D eigenvalue weighted by Gasteiger charge is 2.35. The van der Waals surface area contributed by atoms with Crippen LogP contribution in [-0.2, 0) is 4.65 Å². The maximum atomic E-state index is 10.2. The monoisotopic (exact) mass is 311 g/mol. The summed E-state index contributed by atoms with van der Waals surface area (Å²) < 4.78 is 8.41. The topological polar surface area (TPSA) is 29.5 Å². The summed E-state index contributed by atoms with van der Waals surface area (Å²) in [6, 6.07) is 14.7. The molecule has 0 unspecified atom stereocenters. The molecule has 3 rings (SSSR count). The van der Waals surface area contributed by atoms with Gasteiger partial charge in [-0.3, -0.25) is 0 Å². The molecule has 0 amide bonds. The van der Waals surface area contributed by atoms with E-state index in [9.17, 15) is 5.11 Å². The number of hydrogen-bond donors (Lipinski definition) is 1. The van der Waals surface area contributed by atoms with Gasteiger partial charge in [0.25, 0.3) is 0 Å². The van der Waals surface area contributed by atoms with Crippen LogP contribution in [0.1, 0.15) is 27.7 Å². The van der Waals surface area contributed by atoms with Crippen molar-refractivity contribution in [1.82, 2.24) is 0 Å². The van der Waals surface area contributed by atoms with Crippen LogP contribution in [0.5, 0.6) is 0 Å². The number of fused-ring (bicyclic) bond motifs is 3. The van der Waals surface area contributed by atoms with E-state index in [0.717, 1.165) is 5.46 Å². The van der Waals surface area contributed by atoms with Gasteiger partial charge in [0.1, 0.15) is 0 Å². The maximum Gasteiger partial charge on any atom is 0.332 e. The normalized spacial score (nSPS) is 13.0. The van der Waals surface area contributed by atoms with E-state index in [4.69, 9.17) is 4.65 Å². The molecule has 0 saturated heterocycles. The van der Waals surface area contributed by atoms with Crippen LogP contribution < -0.4 is 5.46 Å². The zero-order chi connectivity index (χ0) is 16.0. The molecule has 4 heteroatoms. The Morgan fingerprint density at radius 3 is 2.36 bits per heavy atom. The minimum atomic E-state index is -0.919. The first-order valence-electron chi connectivity index (χ1n) is 7.43. The lowest BCUT2D eigenvalue weighted by Gasteiger charge is -2.37. The van der Waals surface area contributed by atoms with E-state index in [2.05, 4.69) is 36.4 Å². The fourth-order valence-corrected chi connectivity index (χ4v) is 3.39. The van der Waals surface area contributed by atoms with Crippen molar-refractivity contribution in [1.29, 1.82) is 0 Å². The van der Waals surface area contributed by atoms with Crippen LogP contribution in [0.2, 0.25) is 0 Å². The van der Waals surface area contributed by atoms with Crippen molar-refractivity contribution >= 4 is 44.5 Å². The number of thiophene rings is 1. The average Bonchev–Trinajstić information content (AvgIpc) is 2.83. The van der Waals surface area contributed by atoms with E-state index < -0.39 is 11.2 Å². The molecule has 1 aromatic heterocycles. The molecular weight excluding hydrogens is 291 g/mol. The molecule has 2 aromatic carbocycles. The molecule has 0 spiro atoms. The largest absolute Gasteiger partial charge is 0.427 e. The highest BCUT2D eigenvalue weighted by atomic mass is 32.1. The molecule has 0 saturated carbocycles. The van der Waals surface area contributed by atoms with Crippen molar-refractivity contribution in [3.05, 3.63) is 42.5 Å². The van der Waals surface area contributed by atoms with E-state index in [1.807, 2.05) is 19.9 Å². The molecule has 2 nitrogen and oxygen atoms in total. The molecule has 1 radical (unpaired) electrons. The van der Waals surface area contributed by atoms with Gasteiger partial charge in [0.15, 0.2) is 0 Å². The minimum absolute atomic E-state index is 0.661. The lowest BCUT2D eigenvalue weighted by molar-refractivity contribution is -0.0893. The van der Waals surface area contributed by atoms with E-state index >= 15 is 0 Å². The third-order valence-electron chi connectivity index (χ3n) is 4.39. The minimum Gasteiger partial charge on any atom is -0.427 e. The van der Waals surface area contributed by atoms with Crippen LogP contribution in [0, 0.1) is 0 Å². The Hall–Kier alpha value is -1.36. The number of benzene rings is 2. The van der Waals surface area contributed by atoms with E-state index in [0.29, 0.717) is 0 Å². The Morgan fingerprint density at radius 2 is 1.64 bits per heavy atom. The quantitative estimate of drug-likeness (QED) is 0.741. The zero-order valence-electron chi connectivity index (χ0n) is 13.4. The Bertz CT molecular complexity index is 815. The van der Waals surface area contributed by atoms with Gasteiger partial charge in [0, 0.05) is 14.8 Å². The first kappa shape index (κ1) is 15.5. The molecule has 1 heterocycles. The van der Waals surface area contributed by atoms with Gasteiger partial charge >= 0.3 is 7.48 Å².